The number of benzene rings is 1. The molecule has 160 valence electrons. The Morgan fingerprint density at radius 1 is 1.29 bits per heavy atom. The fourth-order valence-electron chi connectivity index (χ4n) is 3.22. The van der Waals surface area contributed by atoms with Crippen LogP contribution in [0.15, 0.2) is 23.2 Å². The maximum atomic E-state index is 6.14. The molecule has 1 aliphatic rings. The number of rotatable bonds is 8. The SMILES string of the molecule is CCNC(=NCC1CCN(CCOC)CC1)NC(C)c1ccc(Cl)c(Cl)c1.I. The zero-order valence-electron chi connectivity index (χ0n) is 17.0. The highest BCUT2D eigenvalue weighted by atomic mass is 127. The first-order chi connectivity index (χ1) is 13.0. The van der Waals surface area contributed by atoms with Crippen LogP contribution in [-0.2, 0) is 4.74 Å². The lowest BCUT2D eigenvalue weighted by Crippen LogP contribution is -2.40. The molecule has 1 saturated heterocycles. The van der Waals surface area contributed by atoms with Crippen LogP contribution in [0.25, 0.3) is 0 Å². The molecule has 28 heavy (non-hydrogen) atoms. The number of aliphatic imine (C=N–C) groups is 1. The molecule has 1 fully saturated rings. The maximum absolute atomic E-state index is 6.14. The van der Waals surface area contributed by atoms with E-state index in [4.69, 9.17) is 32.9 Å². The summed E-state index contributed by atoms with van der Waals surface area (Å²) in [6.45, 7) is 9.95. The highest BCUT2D eigenvalue weighted by Crippen LogP contribution is 2.25. The van der Waals surface area contributed by atoms with Crippen LogP contribution in [0.1, 0.15) is 38.3 Å². The topological polar surface area (TPSA) is 48.9 Å². The molecule has 0 saturated carbocycles. The van der Waals surface area contributed by atoms with Crippen molar-refractivity contribution in [2.24, 2.45) is 10.9 Å². The fraction of sp³-hybridized carbons (Fsp3) is 0.650. The molecule has 8 heteroatoms. The van der Waals surface area contributed by atoms with Crippen molar-refractivity contribution in [3.05, 3.63) is 33.8 Å². The van der Waals surface area contributed by atoms with Gasteiger partial charge in [0, 0.05) is 26.7 Å². The van der Waals surface area contributed by atoms with Gasteiger partial charge in [-0.15, -0.1) is 24.0 Å². The van der Waals surface area contributed by atoms with E-state index in [0.717, 1.165) is 50.9 Å². The second-order valence-corrected chi connectivity index (χ2v) is 7.85. The highest BCUT2D eigenvalue weighted by Gasteiger charge is 2.19. The first-order valence-electron chi connectivity index (χ1n) is 9.74. The molecule has 0 radical (unpaired) electrons. The van der Waals surface area contributed by atoms with Gasteiger partial charge in [-0.2, -0.15) is 0 Å². The molecule has 1 heterocycles. The molecule has 1 atom stereocenters. The summed E-state index contributed by atoms with van der Waals surface area (Å²) >= 11 is 12.2. The maximum Gasteiger partial charge on any atom is 0.191 e. The summed E-state index contributed by atoms with van der Waals surface area (Å²) < 4.78 is 5.17. The van der Waals surface area contributed by atoms with Crippen molar-refractivity contribution < 1.29 is 4.74 Å². The summed E-state index contributed by atoms with van der Waals surface area (Å²) in [4.78, 5) is 7.29. The van der Waals surface area contributed by atoms with Gasteiger partial charge in [-0.1, -0.05) is 29.3 Å². The fourth-order valence-corrected chi connectivity index (χ4v) is 3.53. The summed E-state index contributed by atoms with van der Waals surface area (Å²) in [6, 6.07) is 5.82. The van der Waals surface area contributed by atoms with Crippen molar-refractivity contribution in [2.75, 3.05) is 46.4 Å². The molecule has 1 unspecified atom stereocenters. The van der Waals surface area contributed by atoms with Crippen molar-refractivity contribution in [1.82, 2.24) is 15.5 Å². The minimum Gasteiger partial charge on any atom is -0.383 e. The molecule has 0 aliphatic carbocycles. The standard InChI is InChI=1S/C20H32Cl2N4O.HI/c1-4-23-20(25-15(2)17-5-6-18(21)19(22)13-17)24-14-16-7-9-26(10-8-16)11-12-27-3;/h5-6,13,15-16H,4,7-12,14H2,1-3H3,(H2,23,24,25);1H. The quantitative estimate of drug-likeness (QED) is 0.287. The van der Waals surface area contributed by atoms with Crippen LogP contribution >= 0.6 is 47.2 Å². The number of likely N-dealkylation sites (tertiary alicyclic amines) is 1. The minimum absolute atomic E-state index is 0. The largest absolute Gasteiger partial charge is 0.383 e. The van der Waals surface area contributed by atoms with Crippen molar-refractivity contribution >= 4 is 53.1 Å². The molecule has 2 N–H and O–H groups in total. The summed E-state index contributed by atoms with van der Waals surface area (Å²) in [6.07, 6.45) is 2.38. The van der Waals surface area contributed by atoms with E-state index >= 15 is 0 Å². The van der Waals surface area contributed by atoms with E-state index in [1.165, 1.54) is 12.8 Å². The Balaban J connectivity index is 0.00000392. The third-order valence-electron chi connectivity index (χ3n) is 4.97. The van der Waals surface area contributed by atoms with E-state index in [2.05, 4.69) is 29.4 Å². The first kappa shape index (κ1) is 25.8. The Hall–Kier alpha value is -0.280. The molecular weight excluding hydrogens is 510 g/mol. The summed E-state index contributed by atoms with van der Waals surface area (Å²) in [7, 11) is 1.76. The predicted octanol–water partition coefficient (Wildman–Crippen LogP) is 4.59. The molecule has 1 aromatic rings. The van der Waals surface area contributed by atoms with Gasteiger partial charge in [-0.05, 0) is 63.4 Å². The zero-order valence-corrected chi connectivity index (χ0v) is 20.9. The summed E-state index contributed by atoms with van der Waals surface area (Å²) in [5, 5.41) is 7.95. The number of halogens is 3. The predicted molar refractivity (Wildman–Crippen MR) is 130 cm³/mol. The molecular formula is C20H33Cl2IN4O. The third-order valence-corrected chi connectivity index (χ3v) is 5.71. The van der Waals surface area contributed by atoms with E-state index in [1.54, 1.807) is 7.11 Å². The zero-order chi connectivity index (χ0) is 19.6. The van der Waals surface area contributed by atoms with Gasteiger partial charge in [0.25, 0.3) is 0 Å². The molecule has 0 bridgehead atoms. The number of nitrogens with zero attached hydrogens (tertiary/aromatic N) is 2. The second-order valence-electron chi connectivity index (χ2n) is 7.04. The highest BCUT2D eigenvalue weighted by molar-refractivity contribution is 14.0. The number of ether oxygens (including phenoxy) is 1. The Morgan fingerprint density at radius 3 is 2.61 bits per heavy atom. The van der Waals surface area contributed by atoms with Gasteiger partial charge in [0.15, 0.2) is 5.96 Å². The van der Waals surface area contributed by atoms with Gasteiger partial charge in [-0.25, -0.2) is 0 Å². The van der Waals surface area contributed by atoms with Crippen LogP contribution in [0.4, 0.5) is 0 Å². The van der Waals surface area contributed by atoms with Gasteiger partial charge in [-0.3, -0.25) is 4.99 Å². The van der Waals surface area contributed by atoms with Gasteiger partial charge >= 0.3 is 0 Å². The molecule has 5 nitrogen and oxygen atoms in total. The van der Waals surface area contributed by atoms with Crippen LogP contribution in [0.2, 0.25) is 10.0 Å². The van der Waals surface area contributed by atoms with Crippen LogP contribution in [0, 0.1) is 5.92 Å². The van der Waals surface area contributed by atoms with E-state index in [1.807, 2.05) is 18.2 Å². The Kier molecular flexibility index (Phi) is 12.7. The summed E-state index contributed by atoms with van der Waals surface area (Å²) in [5.74, 6) is 1.48. The second kappa shape index (κ2) is 13.9. The summed E-state index contributed by atoms with van der Waals surface area (Å²) in [5.41, 5.74) is 1.08. The minimum atomic E-state index is 0. The van der Waals surface area contributed by atoms with E-state index in [-0.39, 0.29) is 30.0 Å². The van der Waals surface area contributed by atoms with Gasteiger partial charge < -0.3 is 20.3 Å². The van der Waals surface area contributed by atoms with E-state index in [9.17, 15) is 0 Å². The Morgan fingerprint density at radius 2 is 2.00 bits per heavy atom. The number of guanidine groups is 1. The van der Waals surface area contributed by atoms with Gasteiger partial charge in [0.05, 0.1) is 22.7 Å². The molecule has 0 amide bonds. The number of piperidine rings is 1. The average Bonchev–Trinajstić information content (AvgIpc) is 2.67. The smallest absolute Gasteiger partial charge is 0.191 e. The number of hydrogen-bond donors (Lipinski definition) is 2. The molecule has 2 rings (SSSR count). The van der Waals surface area contributed by atoms with Crippen molar-refractivity contribution in [3.8, 4) is 0 Å². The van der Waals surface area contributed by atoms with Crippen molar-refractivity contribution in [2.45, 2.75) is 32.7 Å². The lowest BCUT2D eigenvalue weighted by molar-refractivity contribution is 0.121. The van der Waals surface area contributed by atoms with Gasteiger partial charge in [0.2, 0.25) is 0 Å². The monoisotopic (exact) mass is 542 g/mol. The van der Waals surface area contributed by atoms with Crippen LogP contribution < -0.4 is 10.6 Å². The van der Waals surface area contributed by atoms with Crippen molar-refractivity contribution in [1.29, 1.82) is 0 Å². The Labute approximate surface area is 196 Å². The van der Waals surface area contributed by atoms with Crippen LogP contribution in [-0.4, -0.2) is 57.3 Å². The van der Waals surface area contributed by atoms with Crippen molar-refractivity contribution in [3.63, 3.8) is 0 Å². The average molecular weight is 543 g/mol. The molecule has 1 aromatic carbocycles. The molecule has 0 spiro atoms. The van der Waals surface area contributed by atoms with E-state index in [0.29, 0.717) is 16.0 Å². The number of methoxy groups -OCH3 is 1. The Bertz CT molecular complexity index is 610. The van der Waals surface area contributed by atoms with E-state index < -0.39 is 0 Å². The lowest BCUT2D eigenvalue weighted by Gasteiger charge is -2.31. The molecule has 0 aromatic heterocycles. The van der Waals surface area contributed by atoms with Crippen LogP contribution in [0.5, 0.6) is 0 Å². The molecule has 1 aliphatic heterocycles. The third kappa shape index (κ3) is 8.61. The lowest BCUT2D eigenvalue weighted by atomic mass is 9.97. The number of nitrogens with one attached hydrogen (secondary N) is 2. The number of hydrogen-bond acceptors (Lipinski definition) is 3. The normalized spacial score (nSPS) is 17.1. The van der Waals surface area contributed by atoms with Gasteiger partial charge in [0.1, 0.15) is 0 Å². The first-order valence-corrected chi connectivity index (χ1v) is 10.5. The van der Waals surface area contributed by atoms with Crippen LogP contribution in [0.3, 0.4) is 0 Å².